The Morgan fingerprint density at radius 1 is 1.05 bits per heavy atom. The van der Waals surface area contributed by atoms with Crippen molar-refractivity contribution in [3.8, 4) is 5.75 Å². The number of ether oxygens (including phenoxy) is 2. The summed E-state index contributed by atoms with van der Waals surface area (Å²) in [5, 5.41) is 11.5. The molecule has 7 heteroatoms. The standard InChI is InChI=1S/C31H34N2O4.CH4O.2H2/c1-4-5-8-16-37-31(35)28-19(2)33-25-17-20(21-10-6-7-13-27(21)36-3)18-26(34)30(25)29(28)23-11-9-12-24-22(23)14-15-32-24;1-2;;/h6-7,9-15,20,29,32-33H,4-5,8,16-18H2,1-3H3;2H,1H3;2*1H/t20-,29?;;;/m1.../s1. The second-order valence-electron chi connectivity index (χ2n) is 9.89. The van der Waals surface area contributed by atoms with Crippen LogP contribution in [0.1, 0.15) is 71.8 Å². The molecule has 2 heterocycles. The van der Waals surface area contributed by atoms with Crippen LogP contribution in [-0.4, -0.2) is 42.7 Å². The van der Waals surface area contributed by atoms with Crippen molar-refractivity contribution >= 4 is 22.7 Å². The topological polar surface area (TPSA) is 101 Å². The van der Waals surface area contributed by atoms with Crippen LogP contribution in [0.25, 0.3) is 10.9 Å². The number of rotatable bonds is 8. The van der Waals surface area contributed by atoms with Crippen LogP contribution in [0.4, 0.5) is 0 Å². The van der Waals surface area contributed by atoms with Crippen LogP contribution in [0.5, 0.6) is 5.75 Å². The summed E-state index contributed by atoms with van der Waals surface area (Å²) in [7, 11) is 2.66. The molecular weight excluding hydrogens is 492 g/mol. The quantitative estimate of drug-likeness (QED) is 0.229. The van der Waals surface area contributed by atoms with E-state index in [1.54, 1.807) is 7.11 Å². The van der Waals surface area contributed by atoms with Gasteiger partial charge in [0.05, 0.1) is 19.3 Å². The van der Waals surface area contributed by atoms with E-state index in [0.717, 1.165) is 65.5 Å². The molecule has 0 spiro atoms. The van der Waals surface area contributed by atoms with E-state index in [0.29, 0.717) is 30.6 Å². The highest BCUT2D eigenvalue weighted by atomic mass is 16.5. The number of methoxy groups -OCH3 is 1. The zero-order valence-corrected chi connectivity index (χ0v) is 23.2. The van der Waals surface area contributed by atoms with Crippen LogP contribution >= 0.6 is 0 Å². The van der Waals surface area contributed by atoms with Crippen molar-refractivity contribution in [2.75, 3.05) is 20.8 Å². The number of dihydropyridines is 1. The van der Waals surface area contributed by atoms with Crippen molar-refractivity contribution in [1.82, 2.24) is 10.3 Å². The van der Waals surface area contributed by atoms with E-state index in [1.807, 2.05) is 61.7 Å². The van der Waals surface area contributed by atoms with Crippen molar-refractivity contribution in [3.63, 3.8) is 0 Å². The lowest BCUT2D eigenvalue weighted by molar-refractivity contribution is -0.139. The molecule has 39 heavy (non-hydrogen) atoms. The van der Waals surface area contributed by atoms with Crippen molar-refractivity contribution in [2.45, 2.75) is 57.8 Å². The summed E-state index contributed by atoms with van der Waals surface area (Å²) in [4.78, 5) is 30.7. The SMILES string of the molecule is CCCCCOC(=O)C1=C(C)NC2=C(C(=O)C[C@H](c3ccccc3OC)C2)C1c1cccc2[nH]ccc12.CO.[HH].[HH]. The first-order valence-corrected chi connectivity index (χ1v) is 13.6. The summed E-state index contributed by atoms with van der Waals surface area (Å²) < 4.78 is 11.3. The lowest BCUT2D eigenvalue weighted by Crippen LogP contribution is -2.36. The number of benzene rings is 2. The van der Waals surface area contributed by atoms with Crippen LogP contribution < -0.4 is 10.1 Å². The maximum atomic E-state index is 13.9. The number of ketones is 1. The number of fused-ring (bicyclic) bond motifs is 1. The predicted molar refractivity (Wildman–Crippen MR) is 157 cm³/mol. The van der Waals surface area contributed by atoms with Gasteiger partial charge in [-0.15, -0.1) is 0 Å². The maximum absolute atomic E-state index is 13.9. The van der Waals surface area contributed by atoms with Crippen molar-refractivity contribution in [3.05, 3.63) is 88.4 Å². The Morgan fingerprint density at radius 2 is 1.82 bits per heavy atom. The van der Waals surface area contributed by atoms with Gasteiger partial charge in [0.15, 0.2) is 5.78 Å². The molecule has 0 fully saturated rings. The van der Waals surface area contributed by atoms with E-state index in [1.165, 1.54) is 0 Å². The van der Waals surface area contributed by atoms with Crippen LogP contribution in [-0.2, 0) is 14.3 Å². The molecule has 0 bridgehead atoms. The molecule has 0 amide bonds. The van der Waals surface area contributed by atoms with Crippen LogP contribution in [0.2, 0.25) is 0 Å². The van der Waals surface area contributed by atoms with Crippen LogP contribution in [0, 0.1) is 0 Å². The second-order valence-corrected chi connectivity index (χ2v) is 9.89. The zero-order valence-electron chi connectivity index (χ0n) is 23.2. The van der Waals surface area contributed by atoms with Gasteiger partial charge in [-0.3, -0.25) is 4.79 Å². The Labute approximate surface area is 232 Å². The van der Waals surface area contributed by atoms with Gasteiger partial charge in [0.1, 0.15) is 5.75 Å². The van der Waals surface area contributed by atoms with E-state index in [2.05, 4.69) is 17.2 Å². The first-order chi connectivity index (χ1) is 19.0. The number of esters is 1. The smallest absolute Gasteiger partial charge is 0.336 e. The number of hydrogen-bond donors (Lipinski definition) is 3. The van der Waals surface area contributed by atoms with Crippen molar-refractivity contribution < 1.29 is 27.0 Å². The van der Waals surface area contributed by atoms with Gasteiger partial charge in [-0.1, -0.05) is 50.1 Å². The molecule has 0 saturated carbocycles. The summed E-state index contributed by atoms with van der Waals surface area (Å²) >= 11 is 0. The van der Waals surface area contributed by atoms with Crippen molar-refractivity contribution in [2.24, 2.45) is 0 Å². The highest BCUT2D eigenvalue weighted by Crippen LogP contribution is 2.48. The fourth-order valence-electron chi connectivity index (χ4n) is 5.80. The number of unbranched alkanes of at least 4 members (excludes halogenated alkanes) is 2. The number of carbonyl (C=O) groups is 2. The lowest BCUT2D eigenvalue weighted by Gasteiger charge is -2.37. The average Bonchev–Trinajstić information content (AvgIpc) is 3.45. The van der Waals surface area contributed by atoms with Crippen LogP contribution in [0.3, 0.4) is 0 Å². The highest BCUT2D eigenvalue weighted by molar-refractivity contribution is 6.05. The van der Waals surface area contributed by atoms with Gasteiger partial charge in [-0.25, -0.2) is 4.79 Å². The molecule has 1 aliphatic carbocycles. The number of aliphatic hydroxyl groups is 1. The summed E-state index contributed by atoms with van der Waals surface area (Å²) in [6.45, 7) is 4.40. The summed E-state index contributed by atoms with van der Waals surface area (Å²) in [6.07, 6.45) is 5.80. The molecule has 1 aromatic heterocycles. The summed E-state index contributed by atoms with van der Waals surface area (Å²) in [5.41, 5.74) is 5.76. The molecule has 5 rings (SSSR count). The molecular formula is C32H42N2O5. The molecule has 210 valence electrons. The van der Waals surface area contributed by atoms with Gasteiger partial charge in [-0.05, 0) is 49.1 Å². The number of aromatic nitrogens is 1. The second kappa shape index (κ2) is 12.8. The Balaban J connectivity index is 0.00000144. The number of aromatic amines is 1. The number of Topliss-reactive ketones (excluding diaryl/α,β-unsaturated/α-hetero) is 1. The minimum atomic E-state index is -0.486. The van der Waals surface area contributed by atoms with E-state index in [9.17, 15) is 9.59 Å². The third kappa shape index (κ3) is 5.64. The molecule has 0 saturated heterocycles. The Bertz CT molecular complexity index is 1410. The average molecular weight is 535 g/mol. The maximum Gasteiger partial charge on any atom is 0.336 e. The number of H-pyrrole nitrogens is 1. The van der Waals surface area contributed by atoms with Crippen LogP contribution in [0.15, 0.2) is 77.3 Å². The molecule has 3 N–H and O–H groups in total. The monoisotopic (exact) mass is 534 g/mol. The van der Waals surface area contributed by atoms with Gasteiger partial charge in [0.2, 0.25) is 0 Å². The zero-order chi connectivity index (χ0) is 27.9. The third-order valence-corrected chi connectivity index (χ3v) is 7.55. The molecule has 7 nitrogen and oxygen atoms in total. The third-order valence-electron chi connectivity index (χ3n) is 7.55. The fourth-order valence-corrected chi connectivity index (χ4v) is 5.80. The Morgan fingerprint density at radius 3 is 2.59 bits per heavy atom. The molecule has 1 unspecified atom stereocenters. The van der Waals surface area contributed by atoms with Gasteiger partial charge in [0.25, 0.3) is 0 Å². The van der Waals surface area contributed by atoms with E-state index < -0.39 is 5.92 Å². The van der Waals surface area contributed by atoms with Gasteiger partial charge in [0, 0.05) is 62.3 Å². The summed E-state index contributed by atoms with van der Waals surface area (Å²) in [6, 6.07) is 15.9. The first kappa shape index (κ1) is 28.2. The van der Waals surface area contributed by atoms with E-state index in [4.69, 9.17) is 14.6 Å². The van der Waals surface area contributed by atoms with Gasteiger partial charge >= 0.3 is 5.97 Å². The van der Waals surface area contributed by atoms with Gasteiger partial charge in [-0.2, -0.15) is 0 Å². The summed E-state index contributed by atoms with van der Waals surface area (Å²) in [5.74, 6) is -0.0114. The number of para-hydroxylation sites is 1. The Hall–Kier alpha value is -3.84. The first-order valence-electron chi connectivity index (χ1n) is 13.6. The van der Waals surface area contributed by atoms with E-state index >= 15 is 0 Å². The number of aliphatic hydroxyl groups excluding tert-OH is 1. The number of hydrogen-bond acceptors (Lipinski definition) is 6. The minimum Gasteiger partial charge on any atom is -0.496 e. The highest BCUT2D eigenvalue weighted by Gasteiger charge is 2.42. The molecule has 0 radical (unpaired) electrons. The van der Waals surface area contributed by atoms with E-state index in [-0.39, 0.29) is 20.5 Å². The number of allylic oxidation sites excluding steroid dienone is 3. The molecule has 2 atom stereocenters. The fraction of sp³-hybridized carbons (Fsp3) is 0.375. The lowest BCUT2D eigenvalue weighted by atomic mass is 9.71. The molecule has 2 aliphatic rings. The van der Waals surface area contributed by atoms with Gasteiger partial charge < -0.3 is 24.9 Å². The molecule has 1 aliphatic heterocycles. The molecule has 2 aromatic carbocycles. The Kier molecular flexibility index (Phi) is 9.25. The normalized spacial score (nSPS) is 18.7. The minimum absolute atomic E-state index is 0. The van der Waals surface area contributed by atoms with Crippen molar-refractivity contribution in [1.29, 1.82) is 0 Å². The number of carbonyl (C=O) groups excluding carboxylic acids is 2. The number of nitrogens with one attached hydrogen (secondary N) is 2. The molecule has 3 aromatic rings. The predicted octanol–water partition coefficient (Wildman–Crippen LogP) is 6.37. The largest absolute Gasteiger partial charge is 0.496 e.